The molecule has 1 aliphatic rings. The molecule has 0 aliphatic carbocycles. The third kappa shape index (κ3) is 3.90. The SMILES string of the molecule is CN(C)C1CCCN(S(=O)(=O)c2c(Cl)cnn2C)CC1.Cl. The minimum atomic E-state index is -3.57. The first kappa shape index (κ1) is 18.7. The van der Waals surface area contributed by atoms with Gasteiger partial charge in [0, 0.05) is 26.2 Å². The van der Waals surface area contributed by atoms with Gasteiger partial charge in [0.05, 0.1) is 11.2 Å². The fourth-order valence-corrected chi connectivity index (χ4v) is 4.72. The van der Waals surface area contributed by atoms with Gasteiger partial charge in [-0.1, -0.05) is 11.6 Å². The Labute approximate surface area is 137 Å². The van der Waals surface area contributed by atoms with Crippen LogP contribution in [0.3, 0.4) is 0 Å². The Kier molecular flexibility index (Phi) is 6.49. The van der Waals surface area contributed by atoms with Gasteiger partial charge in [0.25, 0.3) is 10.0 Å². The Hall–Kier alpha value is -0.340. The Bertz CT molecular complexity index is 554. The van der Waals surface area contributed by atoms with E-state index in [1.807, 2.05) is 14.1 Å². The molecule has 1 fully saturated rings. The Morgan fingerprint density at radius 2 is 2.00 bits per heavy atom. The molecule has 9 heteroatoms. The van der Waals surface area contributed by atoms with Gasteiger partial charge in [-0.2, -0.15) is 9.40 Å². The minimum absolute atomic E-state index is 0. The van der Waals surface area contributed by atoms with Crippen molar-refractivity contribution in [3.05, 3.63) is 11.2 Å². The van der Waals surface area contributed by atoms with Crippen molar-refractivity contribution in [1.29, 1.82) is 0 Å². The highest BCUT2D eigenvalue weighted by atomic mass is 35.5. The maximum absolute atomic E-state index is 12.7. The molecule has 2 rings (SSSR count). The third-order valence-corrected chi connectivity index (χ3v) is 6.22. The van der Waals surface area contributed by atoms with Gasteiger partial charge in [0.1, 0.15) is 0 Å². The molecule has 6 nitrogen and oxygen atoms in total. The van der Waals surface area contributed by atoms with Gasteiger partial charge in [-0.3, -0.25) is 4.68 Å². The predicted octanol–water partition coefficient (Wildman–Crippen LogP) is 1.60. The van der Waals surface area contributed by atoms with E-state index in [1.54, 1.807) is 7.05 Å². The van der Waals surface area contributed by atoms with Crippen molar-refractivity contribution < 1.29 is 8.42 Å². The number of hydrogen-bond acceptors (Lipinski definition) is 4. The first-order valence-corrected chi connectivity index (χ1v) is 8.50. The molecule has 1 atom stereocenters. The summed E-state index contributed by atoms with van der Waals surface area (Å²) in [5, 5.41) is 4.18. The van der Waals surface area contributed by atoms with E-state index in [9.17, 15) is 8.42 Å². The van der Waals surface area contributed by atoms with E-state index in [2.05, 4.69) is 10.00 Å². The molecule has 0 spiro atoms. The summed E-state index contributed by atoms with van der Waals surface area (Å²) in [7, 11) is 2.10. The lowest BCUT2D eigenvalue weighted by molar-refractivity contribution is 0.268. The molecule has 2 heterocycles. The molecule has 0 radical (unpaired) electrons. The summed E-state index contributed by atoms with van der Waals surface area (Å²) in [5.41, 5.74) is 0. The van der Waals surface area contributed by atoms with Crippen LogP contribution in [0.5, 0.6) is 0 Å². The quantitative estimate of drug-likeness (QED) is 0.825. The molecule has 0 bridgehead atoms. The van der Waals surface area contributed by atoms with Gasteiger partial charge in [0.2, 0.25) is 0 Å². The standard InChI is InChI=1S/C12H21ClN4O2S.ClH/c1-15(2)10-5-4-7-17(8-6-10)20(18,19)12-11(13)9-14-16(12)3;/h9-10H,4-8H2,1-3H3;1H. The van der Waals surface area contributed by atoms with Gasteiger partial charge >= 0.3 is 0 Å². The maximum atomic E-state index is 12.7. The molecule has 1 aromatic rings. The van der Waals surface area contributed by atoms with Gasteiger partial charge in [-0.25, -0.2) is 8.42 Å². The highest BCUT2D eigenvalue weighted by Gasteiger charge is 2.32. The third-order valence-electron chi connectivity index (χ3n) is 3.81. The summed E-state index contributed by atoms with van der Waals surface area (Å²) < 4.78 is 28.2. The highest BCUT2D eigenvalue weighted by molar-refractivity contribution is 7.89. The van der Waals surface area contributed by atoms with Crippen LogP contribution in [0.2, 0.25) is 5.02 Å². The van der Waals surface area contributed by atoms with E-state index in [4.69, 9.17) is 11.6 Å². The number of nitrogens with zero attached hydrogens (tertiary/aromatic N) is 4. The van der Waals surface area contributed by atoms with Crippen molar-refractivity contribution in [2.45, 2.75) is 30.3 Å². The van der Waals surface area contributed by atoms with Crippen LogP contribution in [-0.2, 0) is 17.1 Å². The van der Waals surface area contributed by atoms with E-state index in [0.29, 0.717) is 19.1 Å². The molecule has 0 aromatic carbocycles. The minimum Gasteiger partial charge on any atom is -0.306 e. The first-order chi connectivity index (χ1) is 9.34. The van der Waals surface area contributed by atoms with Crippen molar-refractivity contribution in [3.63, 3.8) is 0 Å². The number of halogens is 2. The smallest absolute Gasteiger partial charge is 0.261 e. The Morgan fingerprint density at radius 3 is 2.52 bits per heavy atom. The van der Waals surface area contributed by atoms with E-state index in [1.165, 1.54) is 15.2 Å². The average molecular weight is 357 g/mol. The van der Waals surface area contributed by atoms with E-state index in [0.717, 1.165) is 19.3 Å². The lowest BCUT2D eigenvalue weighted by Gasteiger charge is -2.23. The van der Waals surface area contributed by atoms with Crippen molar-refractivity contribution in [1.82, 2.24) is 19.0 Å². The summed E-state index contributed by atoms with van der Waals surface area (Å²) in [4.78, 5) is 2.16. The molecular weight excluding hydrogens is 335 g/mol. The summed E-state index contributed by atoms with van der Waals surface area (Å²) in [5.74, 6) is 0. The fraction of sp³-hybridized carbons (Fsp3) is 0.750. The van der Waals surface area contributed by atoms with Gasteiger partial charge in [-0.05, 0) is 33.4 Å². The van der Waals surface area contributed by atoms with Crippen LogP contribution in [0.15, 0.2) is 11.2 Å². The van der Waals surface area contributed by atoms with E-state index in [-0.39, 0.29) is 22.5 Å². The summed E-state index contributed by atoms with van der Waals surface area (Å²) in [6.07, 6.45) is 4.08. The molecule has 1 saturated heterocycles. The number of hydrogen-bond donors (Lipinski definition) is 0. The average Bonchev–Trinajstić information content (AvgIpc) is 2.60. The number of rotatable bonds is 3. The Balaban J connectivity index is 0.00000220. The molecule has 122 valence electrons. The molecule has 1 aliphatic heterocycles. The second-order valence-electron chi connectivity index (χ2n) is 5.37. The van der Waals surface area contributed by atoms with Gasteiger partial charge < -0.3 is 4.90 Å². The largest absolute Gasteiger partial charge is 0.306 e. The molecule has 0 N–H and O–H groups in total. The van der Waals surface area contributed by atoms with Crippen LogP contribution in [0.1, 0.15) is 19.3 Å². The number of aromatic nitrogens is 2. The first-order valence-electron chi connectivity index (χ1n) is 6.68. The molecular formula is C12H22Cl2N4O2S. The zero-order chi connectivity index (χ0) is 14.9. The van der Waals surface area contributed by atoms with E-state index >= 15 is 0 Å². The molecule has 0 amide bonds. The van der Waals surface area contributed by atoms with Crippen molar-refractivity contribution >= 4 is 34.0 Å². The van der Waals surface area contributed by atoms with E-state index < -0.39 is 10.0 Å². The van der Waals surface area contributed by atoms with Crippen LogP contribution >= 0.6 is 24.0 Å². The van der Waals surface area contributed by atoms with Gasteiger partial charge in [-0.15, -0.1) is 12.4 Å². The van der Waals surface area contributed by atoms with Crippen molar-refractivity contribution in [3.8, 4) is 0 Å². The monoisotopic (exact) mass is 356 g/mol. The zero-order valence-corrected chi connectivity index (χ0v) is 14.9. The van der Waals surface area contributed by atoms with Crippen molar-refractivity contribution in [2.75, 3.05) is 27.2 Å². The molecule has 1 aromatic heterocycles. The predicted molar refractivity (Wildman–Crippen MR) is 85.6 cm³/mol. The lowest BCUT2D eigenvalue weighted by atomic mass is 10.1. The fourth-order valence-electron chi connectivity index (χ4n) is 2.62. The van der Waals surface area contributed by atoms with Crippen LogP contribution in [0.25, 0.3) is 0 Å². The zero-order valence-electron chi connectivity index (χ0n) is 12.5. The van der Waals surface area contributed by atoms with Crippen molar-refractivity contribution in [2.24, 2.45) is 7.05 Å². The van der Waals surface area contributed by atoms with Gasteiger partial charge in [0.15, 0.2) is 5.03 Å². The number of sulfonamides is 1. The molecule has 1 unspecified atom stereocenters. The topological polar surface area (TPSA) is 58.4 Å². The van der Waals surface area contributed by atoms with Crippen LogP contribution in [0, 0.1) is 0 Å². The second-order valence-corrected chi connectivity index (χ2v) is 7.63. The van der Waals surface area contributed by atoms with Crippen LogP contribution in [0.4, 0.5) is 0 Å². The normalized spacial score (nSPS) is 21.1. The number of aryl methyl sites for hydroxylation is 1. The van der Waals surface area contributed by atoms with Crippen LogP contribution < -0.4 is 0 Å². The lowest BCUT2D eigenvalue weighted by Crippen LogP contribution is -2.34. The maximum Gasteiger partial charge on any atom is 0.261 e. The summed E-state index contributed by atoms with van der Waals surface area (Å²) >= 11 is 5.97. The van der Waals surface area contributed by atoms with Crippen LogP contribution in [-0.4, -0.2) is 60.6 Å². The summed E-state index contributed by atoms with van der Waals surface area (Å²) in [6.45, 7) is 1.06. The second kappa shape index (κ2) is 7.28. The molecule has 0 saturated carbocycles. The Morgan fingerprint density at radius 1 is 1.33 bits per heavy atom. The molecule has 21 heavy (non-hydrogen) atoms. The summed E-state index contributed by atoms with van der Waals surface area (Å²) in [6, 6.07) is 0.428. The highest BCUT2D eigenvalue weighted by Crippen LogP contribution is 2.26.